The van der Waals surface area contributed by atoms with Crippen molar-refractivity contribution in [2.75, 3.05) is 33.7 Å². The summed E-state index contributed by atoms with van der Waals surface area (Å²) in [7, 11) is 4.19. The molecule has 5 nitrogen and oxygen atoms in total. The van der Waals surface area contributed by atoms with Gasteiger partial charge in [-0.05, 0) is 25.6 Å². The Balaban J connectivity index is 2.68. The predicted octanol–water partition coefficient (Wildman–Crippen LogP) is 1.80. The van der Waals surface area contributed by atoms with E-state index in [9.17, 15) is 0 Å². The van der Waals surface area contributed by atoms with Crippen LogP contribution in [0.4, 0.5) is 0 Å². The zero-order valence-corrected chi connectivity index (χ0v) is 13.6. The molecule has 5 heteroatoms. The van der Waals surface area contributed by atoms with E-state index in [1.165, 1.54) is 5.56 Å². The molecule has 21 heavy (non-hydrogen) atoms. The number of likely N-dealkylation sites (N-methyl/N-ethyl adjacent to an activating group) is 1. The van der Waals surface area contributed by atoms with Crippen molar-refractivity contribution in [2.24, 2.45) is 16.8 Å². The molecule has 0 amide bonds. The number of amidine groups is 1. The van der Waals surface area contributed by atoms with Gasteiger partial charge < -0.3 is 15.8 Å². The van der Waals surface area contributed by atoms with Crippen LogP contribution in [0.15, 0.2) is 29.4 Å². The van der Waals surface area contributed by atoms with E-state index in [0.717, 1.165) is 31.7 Å². The van der Waals surface area contributed by atoms with Crippen LogP contribution in [0.2, 0.25) is 0 Å². The van der Waals surface area contributed by atoms with Crippen LogP contribution < -0.4 is 5.73 Å². The number of oxime groups is 1. The summed E-state index contributed by atoms with van der Waals surface area (Å²) >= 11 is 0. The zero-order chi connectivity index (χ0) is 15.8. The second-order valence-electron chi connectivity index (χ2n) is 6.11. The van der Waals surface area contributed by atoms with E-state index in [4.69, 9.17) is 10.9 Å². The van der Waals surface area contributed by atoms with Crippen molar-refractivity contribution in [3.8, 4) is 0 Å². The lowest BCUT2D eigenvalue weighted by Crippen LogP contribution is -2.34. The molecule has 1 rings (SSSR count). The normalized spacial score (nSPS) is 12.6. The third-order valence-electron chi connectivity index (χ3n) is 3.25. The molecule has 0 bridgehead atoms. The molecule has 0 saturated carbocycles. The molecule has 1 aromatic carbocycles. The van der Waals surface area contributed by atoms with E-state index in [0.29, 0.717) is 5.92 Å². The molecule has 3 N–H and O–H groups in total. The van der Waals surface area contributed by atoms with Crippen LogP contribution >= 0.6 is 0 Å². The Morgan fingerprint density at radius 2 is 1.81 bits per heavy atom. The van der Waals surface area contributed by atoms with Crippen LogP contribution in [-0.4, -0.2) is 54.6 Å². The zero-order valence-electron chi connectivity index (χ0n) is 13.6. The minimum atomic E-state index is 0.146. The second-order valence-corrected chi connectivity index (χ2v) is 6.11. The van der Waals surface area contributed by atoms with Gasteiger partial charge in [-0.2, -0.15) is 0 Å². The maximum absolute atomic E-state index is 8.67. The summed E-state index contributed by atoms with van der Waals surface area (Å²) in [6, 6.07) is 7.86. The molecule has 0 saturated heterocycles. The van der Waals surface area contributed by atoms with Crippen molar-refractivity contribution < 1.29 is 5.21 Å². The Hall–Kier alpha value is -1.59. The first-order valence-electron chi connectivity index (χ1n) is 7.36. The van der Waals surface area contributed by atoms with Gasteiger partial charge in [-0.3, -0.25) is 4.90 Å². The van der Waals surface area contributed by atoms with Gasteiger partial charge in [0.05, 0.1) is 0 Å². The maximum Gasteiger partial charge on any atom is 0.170 e. The number of rotatable bonds is 8. The van der Waals surface area contributed by atoms with Crippen LogP contribution in [0.25, 0.3) is 0 Å². The first kappa shape index (κ1) is 17.5. The van der Waals surface area contributed by atoms with Crippen LogP contribution in [0.3, 0.4) is 0 Å². The van der Waals surface area contributed by atoms with Crippen LogP contribution in [0.5, 0.6) is 0 Å². The fourth-order valence-corrected chi connectivity index (χ4v) is 2.19. The molecule has 0 radical (unpaired) electrons. The average molecular weight is 292 g/mol. The van der Waals surface area contributed by atoms with Gasteiger partial charge in [0.25, 0.3) is 0 Å². The summed E-state index contributed by atoms with van der Waals surface area (Å²) in [5.41, 5.74) is 7.56. The third kappa shape index (κ3) is 6.60. The summed E-state index contributed by atoms with van der Waals surface area (Å²) in [6.45, 7) is 8.58. The fourth-order valence-electron chi connectivity index (χ4n) is 2.19. The van der Waals surface area contributed by atoms with Crippen LogP contribution in [0, 0.1) is 5.92 Å². The molecule has 0 aromatic heterocycles. The largest absolute Gasteiger partial charge is 0.409 e. The molecule has 0 spiro atoms. The number of hydrogen-bond acceptors (Lipinski definition) is 4. The predicted molar refractivity (Wildman–Crippen MR) is 87.6 cm³/mol. The van der Waals surface area contributed by atoms with Gasteiger partial charge >= 0.3 is 0 Å². The van der Waals surface area contributed by atoms with Crippen LogP contribution in [-0.2, 0) is 6.54 Å². The van der Waals surface area contributed by atoms with Gasteiger partial charge in [0.1, 0.15) is 0 Å². The van der Waals surface area contributed by atoms with Gasteiger partial charge in [-0.1, -0.05) is 43.3 Å². The molecule has 1 aromatic rings. The third-order valence-corrected chi connectivity index (χ3v) is 3.25. The summed E-state index contributed by atoms with van der Waals surface area (Å²) in [5.74, 6) is 0.789. The highest BCUT2D eigenvalue weighted by Crippen LogP contribution is 2.09. The molecule has 0 heterocycles. The van der Waals surface area contributed by atoms with Crippen molar-refractivity contribution in [1.82, 2.24) is 9.80 Å². The van der Waals surface area contributed by atoms with Crippen molar-refractivity contribution >= 4 is 5.84 Å². The Morgan fingerprint density at radius 3 is 2.29 bits per heavy atom. The van der Waals surface area contributed by atoms with E-state index in [2.05, 4.69) is 42.9 Å². The summed E-state index contributed by atoms with van der Waals surface area (Å²) in [5, 5.41) is 11.7. The van der Waals surface area contributed by atoms with E-state index < -0.39 is 0 Å². The average Bonchev–Trinajstić information content (AvgIpc) is 2.44. The molecule has 0 aliphatic heterocycles. The quantitative estimate of drug-likeness (QED) is 0.332. The first-order chi connectivity index (χ1) is 9.92. The van der Waals surface area contributed by atoms with Gasteiger partial charge in [0.15, 0.2) is 5.84 Å². The lowest BCUT2D eigenvalue weighted by Gasteiger charge is -2.26. The number of benzene rings is 1. The lowest BCUT2D eigenvalue weighted by atomic mass is 10.1. The Morgan fingerprint density at radius 1 is 1.19 bits per heavy atom. The van der Waals surface area contributed by atoms with Crippen LogP contribution in [0.1, 0.15) is 25.0 Å². The highest BCUT2D eigenvalue weighted by Gasteiger charge is 2.09. The molecule has 0 unspecified atom stereocenters. The van der Waals surface area contributed by atoms with E-state index in [-0.39, 0.29) is 5.84 Å². The Labute approximate surface area is 128 Å². The smallest absolute Gasteiger partial charge is 0.170 e. The van der Waals surface area contributed by atoms with Gasteiger partial charge in [0, 0.05) is 31.7 Å². The molecular weight excluding hydrogens is 264 g/mol. The molecule has 0 fully saturated rings. The SMILES string of the molecule is CC(C)CN(CCN(C)C)Cc1ccc(C(N)=NO)cc1. The molecule has 0 atom stereocenters. The molecule has 0 aliphatic rings. The number of nitrogens with two attached hydrogens (primary N) is 1. The summed E-state index contributed by atoms with van der Waals surface area (Å²) < 4.78 is 0. The summed E-state index contributed by atoms with van der Waals surface area (Å²) in [4.78, 5) is 4.66. The molecular formula is C16H28N4O. The van der Waals surface area contributed by atoms with Gasteiger partial charge in [-0.25, -0.2) is 0 Å². The minimum absolute atomic E-state index is 0.146. The topological polar surface area (TPSA) is 65.1 Å². The lowest BCUT2D eigenvalue weighted by molar-refractivity contribution is 0.212. The van der Waals surface area contributed by atoms with Crippen molar-refractivity contribution in [3.05, 3.63) is 35.4 Å². The van der Waals surface area contributed by atoms with Gasteiger partial charge in [0.2, 0.25) is 0 Å². The second kappa shape index (κ2) is 8.64. The fraction of sp³-hybridized carbons (Fsp3) is 0.562. The maximum atomic E-state index is 8.67. The van der Waals surface area contributed by atoms with Crippen molar-refractivity contribution in [3.63, 3.8) is 0 Å². The summed E-state index contributed by atoms with van der Waals surface area (Å²) in [6.07, 6.45) is 0. The van der Waals surface area contributed by atoms with E-state index in [1.807, 2.05) is 24.3 Å². The molecule has 118 valence electrons. The Kier molecular flexibility index (Phi) is 7.19. The highest BCUT2D eigenvalue weighted by molar-refractivity contribution is 5.96. The van der Waals surface area contributed by atoms with Crippen molar-refractivity contribution in [1.29, 1.82) is 0 Å². The molecule has 0 aliphatic carbocycles. The van der Waals surface area contributed by atoms with Crippen molar-refractivity contribution in [2.45, 2.75) is 20.4 Å². The number of hydrogen-bond donors (Lipinski definition) is 2. The minimum Gasteiger partial charge on any atom is -0.409 e. The first-order valence-corrected chi connectivity index (χ1v) is 7.36. The van der Waals surface area contributed by atoms with Gasteiger partial charge in [-0.15, -0.1) is 0 Å². The Bertz CT molecular complexity index is 440. The standard InChI is InChI=1S/C16H28N4O/c1-13(2)11-20(10-9-19(3)4)12-14-5-7-15(8-6-14)16(17)18-21/h5-8,13,21H,9-12H2,1-4H3,(H2,17,18). The van der Waals surface area contributed by atoms with E-state index in [1.54, 1.807) is 0 Å². The highest BCUT2D eigenvalue weighted by atomic mass is 16.4. The number of nitrogens with zero attached hydrogens (tertiary/aromatic N) is 3. The van der Waals surface area contributed by atoms with E-state index >= 15 is 0 Å². The monoisotopic (exact) mass is 292 g/mol.